The van der Waals surface area contributed by atoms with Crippen LogP contribution in [-0.4, -0.2) is 36.2 Å². The number of benzene rings is 2. The number of nitrogens with two attached hydrogens (primary N) is 1. The lowest BCUT2D eigenvalue weighted by atomic mass is 9.98. The molecular formula is C18H21N3O. The molecule has 0 unspecified atom stereocenters. The van der Waals surface area contributed by atoms with Gasteiger partial charge in [-0.2, -0.15) is 0 Å². The molecular weight excluding hydrogens is 274 g/mol. The quantitative estimate of drug-likeness (QED) is 0.803. The maximum absolute atomic E-state index is 12.6. The van der Waals surface area contributed by atoms with Crippen molar-refractivity contribution in [3.05, 3.63) is 47.5 Å². The number of nitrogens with one attached hydrogen (secondary N) is 1. The molecule has 22 heavy (non-hydrogen) atoms. The summed E-state index contributed by atoms with van der Waals surface area (Å²) in [5.74, 6) is 0.153. The van der Waals surface area contributed by atoms with Gasteiger partial charge in [-0.1, -0.05) is 36.4 Å². The number of nitrogens with zero attached hydrogens (tertiary/aromatic N) is 1. The van der Waals surface area contributed by atoms with E-state index in [1.165, 1.54) is 6.21 Å². The molecule has 0 spiro atoms. The molecule has 2 aromatic carbocycles. The molecule has 0 radical (unpaired) electrons. The Hall–Kier alpha value is -2.20. The van der Waals surface area contributed by atoms with E-state index in [9.17, 15) is 4.79 Å². The topological polar surface area (TPSA) is 70.2 Å². The first-order valence-electron chi connectivity index (χ1n) is 7.75. The van der Waals surface area contributed by atoms with Gasteiger partial charge in [0.1, 0.15) is 0 Å². The lowest BCUT2D eigenvalue weighted by molar-refractivity contribution is -0.130. The number of hydrogen-bond acceptors (Lipinski definition) is 3. The molecule has 4 heteroatoms. The summed E-state index contributed by atoms with van der Waals surface area (Å²) in [7, 11) is 0. The fraction of sp³-hybridized carbons (Fsp3) is 0.333. The summed E-state index contributed by atoms with van der Waals surface area (Å²) in [6.07, 6.45) is 3.95. The van der Waals surface area contributed by atoms with E-state index in [1.807, 2.05) is 41.3 Å². The summed E-state index contributed by atoms with van der Waals surface area (Å²) < 4.78 is 0. The van der Waals surface area contributed by atoms with E-state index < -0.39 is 0 Å². The molecule has 3 rings (SSSR count). The molecule has 1 aliphatic carbocycles. The third kappa shape index (κ3) is 2.88. The Morgan fingerprint density at radius 2 is 1.95 bits per heavy atom. The molecule has 0 heterocycles. The summed E-state index contributed by atoms with van der Waals surface area (Å²) in [6.45, 7) is 1.15. The van der Waals surface area contributed by atoms with Crippen molar-refractivity contribution in [3.8, 4) is 0 Å². The molecule has 1 amide bonds. The van der Waals surface area contributed by atoms with Gasteiger partial charge in [-0.25, -0.2) is 0 Å². The fourth-order valence-electron chi connectivity index (χ4n) is 2.97. The number of amides is 1. The van der Waals surface area contributed by atoms with Crippen LogP contribution in [0.4, 0.5) is 0 Å². The third-order valence-corrected chi connectivity index (χ3v) is 4.22. The van der Waals surface area contributed by atoms with Gasteiger partial charge in [-0.3, -0.25) is 4.79 Å². The van der Waals surface area contributed by atoms with E-state index in [0.29, 0.717) is 25.6 Å². The molecule has 0 aromatic heterocycles. The van der Waals surface area contributed by atoms with Crippen LogP contribution in [0, 0.1) is 5.41 Å². The van der Waals surface area contributed by atoms with Crippen LogP contribution in [0.5, 0.6) is 0 Å². The maximum Gasteiger partial charge on any atom is 0.227 e. The lowest BCUT2D eigenvalue weighted by Crippen LogP contribution is -2.38. The van der Waals surface area contributed by atoms with Crippen molar-refractivity contribution in [2.75, 3.05) is 13.1 Å². The van der Waals surface area contributed by atoms with Crippen molar-refractivity contribution >= 4 is 22.9 Å². The monoisotopic (exact) mass is 295 g/mol. The van der Waals surface area contributed by atoms with E-state index in [-0.39, 0.29) is 5.91 Å². The van der Waals surface area contributed by atoms with E-state index in [4.69, 9.17) is 11.1 Å². The van der Waals surface area contributed by atoms with Gasteiger partial charge in [-0.05, 0) is 34.7 Å². The summed E-state index contributed by atoms with van der Waals surface area (Å²) in [4.78, 5) is 14.5. The highest BCUT2D eigenvalue weighted by atomic mass is 16.2. The Labute approximate surface area is 130 Å². The number of fused-ring (bicyclic) bond motifs is 1. The number of rotatable bonds is 6. The van der Waals surface area contributed by atoms with Gasteiger partial charge in [0.15, 0.2) is 0 Å². The smallest absolute Gasteiger partial charge is 0.227 e. The molecule has 4 nitrogen and oxygen atoms in total. The van der Waals surface area contributed by atoms with Crippen molar-refractivity contribution in [2.45, 2.75) is 25.3 Å². The molecule has 3 N–H and O–H groups in total. The Bertz CT molecular complexity index is 707. The van der Waals surface area contributed by atoms with Crippen molar-refractivity contribution in [3.63, 3.8) is 0 Å². The molecule has 1 saturated carbocycles. The first-order valence-corrected chi connectivity index (χ1v) is 7.75. The second kappa shape index (κ2) is 6.28. The van der Waals surface area contributed by atoms with Gasteiger partial charge in [0, 0.05) is 25.3 Å². The van der Waals surface area contributed by atoms with Gasteiger partial charge in [0.2, 0.25) is 5.91 Å². The Morgan fingerprint density at radius 3 is 2.59 bits per heavy atom. The zero-order chi connectivity index (χ0) is 15.5. The normalized spacial score (nSPS) is 14.0. The van der Waals surface area contributed by atoms with Crippen molar-refractivity contribution in [1.29, 1.82) is 5.41 Å². The molecule has 0 saturated heterocycles. The van der Waals surface area contributed by atoms with Crippen LogP contribution >= 0.6 is 0 Å². The van der Waals surface area contributed by atoms with Crippen LogP contribution in [0.3, 0.4) is 0 Å². The average molecular weight is 295 g/mol. The van der Waals surface area contributed by atoms with Crippen LogP contribution in [0.25, 0.3) is 10.8 Å². The second-order valence-corrected chi connectivity index (χ2v) is 5.79. The molecule has 0 atom stereocenters. The zero-order valence-corrected chi connectivity index (χ0v) is 12.6. The molecule has 2 aromatic rings. The largest absolute Gasteiger partial charge is 0.338 e. The molecule has 0 aliphatic heterocycles. The molecule has 1 aliphatic rings. The fourth-order valence-corrected chi connectivity index (χ4v) is 2.97. The van der Waals surface area contributed by atoms with Crippen LogP contribution in [-0.2, 0) is 11.2 Å². The van der Waals surface area contributed by atoms with Crippen LogP contribution < -0.4 is 5.73 Å². The SMILES string of the molecule is N=Cc1ccc(CC(=O)N(CCN)C2CC2)c2ccccc12. The van der Waals surface area contributed by atoms with Gasteiger partial charge >= 0.3 is 0 Å². The third-order valence-electron chi connectivity index (χ3n) is 4.22. The highest BCUT2D eigenvalue weighted by Gasteiger charge is 2.31. The summed E-state index contributed by atoms with van der Waals surface area (Å²) in [5.41, 5.74) is 7.54. The van der Waals surface area contributed by atoms with Crippen LogP contribution in [0.1, 0.15) is 24.0 Å². The summed E-state index contributed by atoms with van der Waals surface area (Å²) in [6, 6.07) is 12.2. The first kappa shape index (κ1) is 14.7. The minimum Gasteiger partial charge on any atom is -0.338 e. The molecule has 1 fully saturated rings. The maximum atomic E-state index is 12.6. The summed E-state index contributed by atoms with van der Waals surface area (Å²) >= 11 is 0. The highest BCUT2D eigenvalue weighted by molar-refractivity contribution is 6.01. The van der Waals surface area contributed by atoms with E-state index >= 15 is 0 Å². The Balaban J connectivity index is 1.90. The minimum absolute atomic E-state index is 0.153. The van der Waals surface area contributed by atoms with Crippen molar-refractivity contribution in [1.82, 2.24) is 4.90 Å². The van der Waals surface area contributed by atoms with E-state index in [1.54, 1.807) is 0 Å². The predicted octanol–water partition coefficient (Wildman–Crippen LogP) is 2.33. The predicted molar refractivity (Wildman–Crippen MR) is 89.3 cm³/mol. The number of hydrogen-bond donors (Lipinski definition) is 2. The Morgan fingerprint density at radius 1 is 1.23 bits per heavy atom. The Kier molecular flexibility index (Phi) is 4.20. The second-order valence-electron chi connectivity index (χ2n) is 5.79. The van der Waals surface area contributed by atoms with Gasteiger partial charge in [0.25, 0.3) is 0 Å². The van der Waals surface area contributed by atoms with Crippen LogP contribution in [0.15, 0.2) is 36.4 Å². The average Bonchev–Trinajstić information content (AvgIpc) is 3.37. The van der Waals surface area contributed by atoms with Crippen molar-refractivity contribution in [2.24, 2.45) is 5.73 Å². The van der Waals surface area contributed by atoms with Crippen molar-refractivity contribution < 1.29 is 4.79 Å². The van der Waals surface area contributed by atoms with E-state index in [2.05, 4.69) is 0 Å². The number of carbonyl (C=O) groups is 1. The standard InChI is InChI=1S/C18H21N3O/c19-9-10-21(15-7-8-15)18(22)11-13-5-6-14(12-20)17-4-2-1-3-16(13)17/h1-6,12,15,20H,7-11,19H2. The first-order chi connectivity index (χ1) is 10.7. The van der Waals surface area contributed by atoms with E-state index in [0.717, 1.165) is 34.7 Å². The lowest BCUT2D eigenvalue weighted by Gasteiger charge is -2.22. The summed E-state index contributed by atoms with van der Waals surface area (Å²) in [5, 5.41) is 9.59. The minimum atomic E-state index is 0.153. The molecule has 114 valence electrons. The van der Waals surface area contributed by atoms with Crippen LogP contribution in [0.2, 0.25) is 0 Å². The van der Waals surface area contributed by atoms with Gasteiger partial charge in [0.05, 0.1) is 6.42 Å². The zero-order valence-electron chi connectivity index (χ0n) is 12.6. The molecule has 0 bridgehead atoms. The highest BCUT2D eigenvalue weighted by Crippen LogP contribution is 2.28. The number of carbonyl (C=O) groups excluding carboxylic acids is 1. The van der Waals surface area contributed by atoms with Gasteiger partial charge < -0.3 is 16.0 Å². The van der Waals surface area contributed by atoms with Gasteiger partial charge in [-0.15, -0.1) is 0 Å².